The average molecular weight is 405 g/mol. The van der Waals surface area contributed by atoms with Crippen molar-refractivity contribution in [1.29, 1.82) is 0 Å². The van der Waals surface area contributed by atoms with Gasteiger partial charge in [0.2, 0.25) is 11.8 Å². The van der Waals surface area contributed by atoms with Crippen molar-refractivity contribution in [3.8, 4) is 0 Å². The van der Waals surface area contributed by atoms with Crippen molar-refractivity contribution in [1.82, 2.24) is 9.88 Å². The third-order valence-electron chi connectivity index (χ3n) is 3.91. The number of hydrogen-bond donors (Lipinski definition) is 2. The fourth-order valence-corrected chi connectivity index (χ4v) is 3.29. The van der Waals surface area contributed by atoms with Crippen molar-refractivity contribution in [2.75, 3.05) is 37.9 Å². The van der Waals surface area contributed by atoms with E-state index in [1.54, 1.807) is 24.3 Å². The Labute approximate surface area is 170 Å². The zero-order chi connectivity index (χ0) is 20.5. The van der Waals surface area contributed by atoms with Crippen LogP contribution >= 0.6 is 11.3 Å². The molecule has 0 aliphatic carbocycles. The Balaban J connectivity index is 1.83. The number of amides is 2. The molecule has 28 heavy (non-hydrogen) atoms. The van der Waals surface area contributed by atoms with Gasteiger partial charge in [0.15, 0.2) is 0 Å². The molecular weight excluding hydrogens is 376 g/mol. The Bertz CT molecular complexity index is 774. The van der Waals surface area contributed by atoms with Gasteiger partial charge in [-0.3, -0.25) is 9.59 Å². The van der Waals surface area contributed by atoms with E-state index >= 15 is 0 Å². The van der Waals surface area contributed by atoms with Crippen LogP contribution in [0.15, 0.2) is 29.6 Å². The molecule has 1 heterocycles. The van der Waals surface area contributed by atoms with Crippen LogP contribution in [0.4, 0.5) is 11.4 Å². The van der Waals surface area contributed by atoms with Crippen molar-refractivity contribution in [2.45, 2.75) is 32.8 Å². The van der Waals surface area contributed by atoms with Gasteiger partial charge in [0, 0.05) is 36.3 Å². The molecule has 0 bridgehead atoms. The molecule has 0 aliphatic rings. The molecule has 7 nitrogen and oxygen atoms in total. The van der Waals surface area contributed by atoms with E-state index < -0.39 is 0 Å². The van der Waals surface area contributed by atoms with Crippen molar-refractivity contribution >= 4 is 34.5 Å². The van der Waals surface area contributed by atoms with Gasteiger partial charge in [-0.05, 0) is 52.2 Å². The van der Waals surface area contributed by atoms with Gasteiger partial charge in [0.25, 0.3) is 0 Å². The van der Waals surface area contributed by atoms with Gasteiger partial charge >= 0.3 is 0 Å². The Morgan fingerprint density at radius 3 is 2.32 bits per heavy atom. The Kier molecular flexibility index (Phi) is 8.56. The standard InChI is InChI=1S/C20H28N4O3S/c1-5-27-14(2)20-23-17(13-28-20)12-19(26)22-16-8-6-15(7-9-16)21-18(25)10-11-24(3)4/h6-9,13-14H,5,10-12H2,1-4H3,(H,21,25)(H,22,26). The van der Waals surface area contributed by atoms with Gasteiger partial charge in [-0.25, -0.2) is 4.98 Å². The van der Waals surface area contributed by atoms with E-state index in [-0.39, 0.29) is 24.3 Å². The lowest BCUT2D eigenvalue weighted by Gasteiger charge is -2.10. The van der Waals surface area contributed by atoms with Crippen molar-refractivity contribution in [3.63, 3.8) is 0 Å². The summed E-state index contributed by atoms with van der Waals surface area (Å²) in [4.78, 5) is 30.5. The van der Waals surface area contributed by atoms with Gasteiger partial charge in [0.1, 0.15) is 11.1 Å². The molecule has 1 aromatic heterocycles. The minimum Gasteiger partial charge on any atom is -0.372 e. The van der Waals surface area contributed by atoms with Gasteiger partial charge in [-0.1, -0.05) is 0 Å². The van der Waals surface area contributed by atoms with E-state index in [2.05, 4.69) is 15.6 Å². The highest BCUT2D eigenvalue weighted by Crippen LogP contribution is 2.21. The lowest BCUT2D eigenvalue weighted by molar-refractivity contribution is -0.117. The third-order valence-corrected chi connectivity index (χ3v) is 4.97. The first kappa shape index (κ1) is 22.0. The number of rotatable bonds is 10. The van der Waals surface area contributed by atoms with Gasteiger partial charge < -0.3 is 20.3 Å². The van der Waals surface area contributed by atoms with Crippen LogP contribution in [0.1, 0.15) is 37.1 Å². The molecule has 1 aromatic carbocycles. The van der Waals surface area contributed by atoms with E-state index in [1.165, 1.54) is 11.3 Å². The van der Waals surface area contributed by atoms with Crippen LogP contribution in [0.3, 0.4) is 0 Å². The van der Waals surface area contributed by atoms with Crippen LogP contribution in [-0.2, 0) is 20.7 Å². The number of nitrogens with one attached hydrogen (secondary N) is 2. The molecule has 8 heteroatoms. The fraction of sp³-hybridized carbons (Fsp3) is 0.450. The molecule has 0 aliphatic heterocycles. The summed E-state index contributed by atoms with van der Waals surface area (Å²) < 4.78 is 5.52. The number of benzene rings is 1. The van der Waals surface area contributed by atoms with Gasteiger partial charge in [0.05, 0.1) is 12.1 Å². The second-order valence-corrected chi connectivity index (χ2v) is 7.57. The predicted octanol–water partition coefficient (Wildman–Crippen LogP) is 3.31. The zero-order valence-electron chi connectivity index (χ0n) is 16.8. The molecule has 0 fully saturated rings. The van der Waals surface area contributed by atoms with Crippen LogP contribution < -0.4 is 10.6 Å². The maximum Gasteiger partial charge on any atom is 0.230 e. The maximum atomic E-state index is 12.2. The highest BCUT2D eigenvalue weighted by atomic mass is 32.1. The SMILES string of the molecule is CCOC(C)c1nc(CC(=O)Nc2ccc(NC(=O)CCN(C)C)cc2)cs1. The number of nitrogens with zero attached hydrogens (tertiary/aromatic N) is 2. The average Bonchev–Trinajstić information content (AvgIpc) is 3.10. The molecule has 2 N–H and O–H groups in total. The molecule has 1 atom stereocenters. The van der Waals surface area contributed by atoms with E-state index in [9.17, 15) is 9.59 Å². The number of thiazole rings is 1. The number of anilines is 2. The Morgan fingerprint density at radius 1 is 1.14 bits per heavy atom. The van der Waals surface area contributed by atoms with E-state index in [0.717, 1.165) is 10.7 Å². The first-order chi connectivity index (χ1) is 13.4. The normalized spacial score (nSPS) is 12.0. The largest absolute Gasteiger partial charge is 0.372 e. The number of hydrogen-bond acceptors (Lipinski definition) is 6. The summed E-state index contributed by atoms with van der Waals surface area (Å²) in [5, 5.41) is 8.45. The second-order valence-electron chi connectivity index (χ2n) is 6.68. The van der Waals surface area contributed by atoms with E-state index in [0.29, 0.717) is 30.9 Å². The molecule has 2 aromatic rings. The third kappa shape index (κ3) is 7.38. The maximum absolute atomic E-state index is 12.2. The molecular formula is C20H28N4O3S. The first-order valence-electron chi connectivity index (χ1n) is 9.27. The number of carbonyl (C=O) groups excluding carboxylic acids is 2. The summed E-state index contributed by atoms with van der Waals surface area (Å²) in [5.74, 6) is -0.171. The summed E-state index contributed by atoms with van der Waals surface area (Å²) in [6, 6.07) is 7.08. The van der Waals surface area contributed by atoms with Crippen molar-refractivity contribution in [2.24, 2.45) is 0 Å². The summed E-state index contributed by atoms with van der Waals surface area (Å²) in [7, 11) is 3.85. The van der Waals surface area contributed by atoms with Crippen LogP contribution in [0.5, 0.6) is 0 Å². The molecule has 0 saturated carbocycles. The lowest BCUT2D eigenvalue weighted by atomic mass is 10.2. The van der Waals surface area contributed by atoms with E-state index in [1.807, 2.05) is 38.2 Å². The van der Waals surface area contributed by atoms with Gasteiger partial charge in [-0.15, -0.1) is 11.3 Å². The van der Waals surface area contributed by atoms with Crippen LogP contribution in [0.2, 0.25) is 0 Å². The van der Waals surface area contributed by atoms with Crippen LogP contribution in [0.25, 0.3) is 0 Å². The number of carbonyl (C=O) groups is 2. The van der Waals surface area contributed by atoms with Crippen LogP contribution in [-0.4, -0.2) is 48.9 Å². The smallest absolute Gasteiger partial charge is 0.230 e. The molecule has 0 saturated heterocycles. The molecule has 2 rings (SSSR count). The molecule has 152 valence electrons. The highest BCUT2D eigenvalue weighted by Gasteiger charge is 2.13. The minimum absolute atomic E-state index is 0.0360. The summed E-state index contributed by atoms with van der Waals surface area (Å²) in [6.07, 6.45) is 0.578. The first-order valence-corrected chi connectivity index (χ1v) is 10.2. The Morgan fingerprint density at radius 2 is 1.75 bits per heavy atom. The van der Waals surface area contributed by atoms with Gasteiger partial charge in [-0.2, -0.15) is 0 Å². The summed E-state index contributed by atoms with van der Waals surface area (Å²) in [5.41, 5.74) is 2.11. The zero-order valence-corrected chi connectivity index (χ0v) is 17.6. The quantitative estimate of drug-likeness (QED) is 0.635. The topological polar surface area (TPSA) is 83.6 Å². The molecule has 1 unspecified atom stereocenters. The Hall–Kier alpha value is -2.29. The fourth-order valence-electron chi connectivity index (χ4n) is 2.47. The molecule has 2 amide bonds. The van der Waals surface area contributed by atoms with Crippen molar-refractivity contribution < 1.29 is 14.3 Å². The minimum atomic E-state index is -0.135. The molecule has 0 radical (unpaired) electrons. The highest BCUT2D eigenvalue weighted by molar-refractivity contribution is 7.09. The van der Waals surface area contributed by atoms with Crippen LogP contribution in [0, 0.1) is 0 Å². The van der Waals surface area contributed by atoms with Crippen molar-refractivity contribution in [3.05, 3.63) is 40.3 Å². The summed E-state index contributed by atoms with van der Waals surface area (Å²) in [6.45, 7) is 5.22. The number of ether oxygens (including phenoxy) is 1. The predicted molar refractivity (Wildman–Crippen MR) is 113 cm³/mol. The second kappa shape index (κ2) is 10.9. The summed E-state index contributed by atoms with van der Waals surface area (Å²) >= 11 is 1.50. The number of aromatic nitrogens is 1. The lowest BCUT2D eigenvalue weighted by Crippen LogP contribution is -2.20. The molecule has 0 spiro atoms. The monoisotopic (exact) mass is 404 g/mol. The van der Waals surface area contributed by atoms with E-state index in [4.69, 9.17) is 4.74 Å².